The van der Waals surface area contributed by atoms with E-state index in [9.17, 15) is 22.4 Å². The molecule has 0 saturated carbocycles. The Morgan fingerprint density at radius 1 is 1.24 bits per heavy atom. The molecule has 200 valence electrons. The lowest BCUT2D eigenvalue weighted by molar-refractivity contribution is -0.184. The molecule has 4 aromatic rings. The molecule has 9 nitrogen and oxygen atoms in total. The summed E-state index contributed by atoms with van der Waals surface area (Å²) >= 11 is 0. The number of halogens is 4. The molecule has 1 aliphatic rings. The number of carboxylic acid groups (broad SMARTS) is 1. The first-order chi connectivity index (χ1) is 18.0. The SMILES string of the molecule is CCOc1cc2nc(-c3nnc4ccc(C(N5CCC(C)(NC(=O)O)C5)C(F)(F)F)cn34)ccc2cc1F. The molecule has 2 atom stereocenters. The van der Waals surface area contributed by atoms with Crippen molar-refractivity contribution in [3.05, 3.63) is 54.0 Å². The molecular formula is C25H24F4N6O3. The van der Waals surface area contributed by atoms with Gasteiger partial charge in [0.2, 0.25) is 0 Å². The van der Waals surface area contributed by atoms with Gasteiger partial charge in [-0.1, -0.05) is 12.1 Å². The molecule has 1 saturated heterocycles. The standard InChI is InChI=1S/C25H24F4N6O3/c1-3-38-19-11-18-14(10-16(19)26)4-6-17(30-18)22-33-32-20-7-5-15(12-35(20)22)21(25(27,28)29)34-9-8-24(2,13-34)31-23(36)37/h4-7,10-12,21,31H,3,8-9,13H2,1-2H3,(H,36,37). The summed E-state index contributed by atoms with van der Waals surface area (Å²) in [7, 11) is 0. The molecule has 0 bridgehead atoms. The topological polar surface area (TPSA) is 105 Å². The minimum atomic E-state index is -4.63. The van der Waals surface area contributed by atoms with E-state index in [2.05, 4.69) is 20.5 Å². The van der Waals surface area contributed by atoms with Crippen LogP contribution in [0.3, 0.4) is 0 Å². The van der Waals surface area contributed by atoms with Crippen LogP contribution in [0.25, 0.3) is 28.1 Å². The summed E-state index contributed by atoms with van der Waals surface area (Å²) in [6.07, 6.45) is -4.35. The van der Waals surface area contributed by atoms with Crippen LogP contribution in [0.1, 0.15) is 31.9 Å². The fraction of sp³-hybridized carbons (Fsp3) is 0.360. The Balaban J connectivity index is 1.54. The van der Waals surface area contributed by atoms with E-state index >= 15 is 0 Å². The first-order valence-corrected chi connectivity index (χ1v) is 11.9. The second kappa shape index (κ2) is 9.39. The third kappa shape index (κ3) is 4.80. The zero-order valence-corrected chi connectivity index (χ0v) is 20.5. The molecular weight excluding hydrogens is 508 g/mol. The number of rotatable bonds is 6. The summed E-state index contributed by atoms with van der Waals surface area (Å²) in [6, 6.07) is 6.81. The molecule has 1 amide bonds. The first-order valence-electron chi connectivity index (χ1n) is 11.9. The highest BCUT2D eigenvalue weighted by Crippen LogP contribution is 2.41. The molecule has 1 fully saturated rings. The average molecular weight is 532 g/mol. The van der Waals surface area contributed by atoms with Crippen molar-refractivity contribution < 1.29 is 32.2 Å². The Morgan fingerprint density at radius 2 is 2.03 bits per heavy atom. The quantitative estimate of drug-likeness (QED) is 0.343. The molecule has 0 radical (unpaired) electrons. The molecule has 4 heterocycles. The van der Waals surface area contributed by atoms with Crippen LogP contribution in [0.15, 0.2) is 42.6 Å². The summed E-state index contributed by atoms with van der Waals surface area (Å²) in [5.41, 5.74) is 0.0252. The Labute approximate surface area is 214 Å². The molecule has 3 aromatic heterocycles. The number of alkyl halides is 3. The number of aromatic nitrogens is 4. The minimum Gasteiger partial charge on any atom is -0.491 e. The van der Waals surface area contributed by atoms with Crippen molar-refractivity contribution in [2.75, 3.05) is 19.7 Å². The second-order valence-electron chi connectivity index (χ2n) is 9.47. The van der Waals surface area contributed by atoms with Crippen LogP contribution < -0.4 is 10.1 Å². The fourth-order valence-corrected chi connectivity index (χ4v) is 4.94. The van der Waals surface area contributed by atoms with E-state index in [1.807, 2.05) is 0 Å². The minimum absolute atomic E-state index is 0.0426. The van der Waals surface area contributed by atoms with Crippen molar-refractivity contribution in [1.82, 2.24) is 29.8 Å². The van der Waals surface area contributed by atoms with Crippen LogP contribution in [-0.2, 0) is 0 Å². The smallest absolute Gasteiger partial charge is 0.408 e. The molecule has 1 aliphatic heterocycles. The predicted molar refractivity (Wildman–Crippen MR) is 129 cm³/mol. The molecule has 2 N–H and O–H groups in total. The van der Waals surface area contributed by atoms with Gasteiger partial charge in [0.1, 0.15) is 11.7 Å². The Morgan fingerprint density at radius 3 is 2.74 bits per heavy atom. The van der Waals surface area contributed by atoms with Gasteiger partial charge in [0.25, 0.3) is 0 Å². The van der Waals surface area contributed by atoms with Crippen LogP contribution >= 0.6 is 0 Å². The van der Waals surface area contributed by atoms with Gasteiger partial charge in [0.05, 0.1) is 17.7 Å². The largest absolute Gasteiger partial charge is 0.491 e. The van der Waals surface area contributed by atoms with Crippen molar-refractivity contribution in [2.24, 2.45) is 0 Å². The van der Waals surface area contributed by atoms with E-state index in [0.29, 0.717) is 22.2 Å². The molecule has 0 aliphatic carbocycles. The normalized spacial score (nSPS) is 19.2. The molecule has 2 unspecified atom stereocenters. The summed E-state index contributed by atoms with van der Waals surface area (Å²) in [6.45, 7) is 3.53. The van der Waals surface area contributed by atoms with Crippen LogP contribution in [0.4, 0.5) is 22.4 Å². The average Bonchev–Trinajstić information content (AvgIpc) is 3.41. The maximum Gasteiger partial charge on any atom is 0.408 e. The molecule has 38 heavy (non-hydrogen) atoms. The number of benzene rings is 1. The summed E-state index contributed by atoms with van der Waals surface area (Å²) in [5.74, 6) is -0.270. The lowest BCUT2D eigenvalue weighted by atomic mass is 10.0. The highest BCUT2D eigenvalue weighted by atomic mass is 19.4. The number of nitrogens with one attached hydrogen (secondary N) is 1. The highest BCUT2D eigenvalue weighted by Gasteiger charge is 2.49. The Hall–Kier alpha value is -4.00. The van der Waals surface area contributed by atoms with Gasteiger partial charge in [0.15, 0.2) is 23.0 Å². The Bertz CT molecular complexity index is 1520. The van der Waals surface area contributed by atoms with Crippen molar-refractivity contribution in [3.63, 3.8) is 0 Å². The molecule has 13 heteroatoms. The van der Waals surface area contributed by atoms with Crippen LogP contribution in [0.5, 0.6) is 5.75 Å². The summed E-state index contributed by atoms with van der Waals surface area (Å²) in [5, 5.41) is 20.2. The number of fused-ring (bicyclic) bond motifs is 2. The van der Waals surface area contributed by atoms with Gasteiger partial charge in [-0.3, -0.25) is 9.30 Å². The van der Waals surface area contributed by atoms with Crippen LogP contribution in [0.2, 0.25) is 0 Å². The molecule has 0 spiro atoms. The van der Waals surface area contributed by atoms with E-state index in [1.54, 1.807) is 26.0 Å². The first kappa shape index (κ1) is 25.6. The van der Waals surface area contributed by atoms with E-state index < -0.39 is 29.7 Å². The lowest BCUT2D eigenvalue weighted by Gasteiger charge is -2.32. The number of ether oxygens (including phenoxy) is 1. The van der Waals surface area contributed by atoms with Gasteiger partial charge < -0.3 is 15.2 Å². The number of carbonyl (C=O) groups is 1. The van der Waals surface area contributed by atoms with Gasteiger partial charge >= 0.3 is 12.3 Å². The van der Waals surface area contributed by atoms with Crippen molar-refractivity contribution in [1.29, 1.82) is 0 Å². The highest BCUT2D eigenvalue weighted by molar-refractivity contribution is 5.82. The summed E-state index contributed by atoms with van der Waals surface area (Å²) in [4.78, 5) is 16.9. The fourth-order valence-electron chi connectivity index (χ4n) is 4.94. The zero-order valence-electron chi connectivity index (χ0n) is 20.5. The Kier molecular flexibility index (Phi) is 6.33. The van der Waals surface area contributed by atoms with Crippen LogP contribution in [-0.4, -0.2) is 67.1 Å². The predicted octanol–water partition coefficient (Wildman–Crippen LogP) is 4.82. The number of nitrogens with zero attached hydrogens (tertiary/aromatic N) is 5. The number of pyridine rings is 2. The van der Waals surface area contributed by atoms with Crippen LogP contribution in [0, 0.1) is 5.82 Å². The van der Waals surface area contributed by atoms with Gasteiger partial charge in [-0.05, 0) is 44.0 Å². The van der Waals surface area contributed by atoms with Crippen molar-refractivity contribution in [3.8, 4) is 17.3 Å². The lowest BCUT2D eigenvalue weighted by Crippen LogP contribution is -2.48. The van der Waals surface area contributed by atoms with Crippen molar-refractivity contribution in [2.45, 2.75) is 38.0 Å². The van der Waals surface area contributed by atoms with Gasteiger partial charge in [-0.2, -0.15) is 13.2 Å². The number of amides is 1. The maximum absolute atomic E-state index is 14.4. The van der Waals surface area contributed by atoms with Gasteiger partial charge in [0, 0.05) is 30.7 Å². The van der Waals surface area contributed by atoms with Crippen molar-refractivity contribution >= 4 is 22.6 Å². The van der Waals surface area contributed by atoms with E-state index in [1.165, 1.54) is 39.8 Å². The number of likely N-dealkylation sites (tertiary alicyclic amines) is 1. The van der Waals surface area contributed by atoms with E-state index in [-0.39, 0.29) is 43.3 Å². The molecule has 1 aromatic carbocycles. The maximum atomic E-state index is 14.4. The van der Waals surface area contributed by atoms with E-state index in [4.69, 9.17) is 9.84 Å². The summed E-state index contributed by atoms with van der Waals surface area (Å²) < 4.78 is 64.0. The monoisotopic (exact) mass is 532 g/mol. The number of hydrogen-bond donors (Lipinski definition) is 2. The molecule has 5 rings (SSSR count). The number of hydrogen-bond acceptors (Lipinski definition) is 6. The third-order valence-corrected chi connectivity index (χ3v) is 6.60. The van der Waals surface area contributed by atoms with Gasteiger partial charge in [-0.25, -0.2) is 14.2 Å². The van der Waals surface area contributed by atoms with Gasteiger partial charge in [-0.15, -0.1) is 10.2 Å². The second-order valence-corrected chi connectivity index (χ2v) is 9.47. The van der Waals surface area contributed by atoms with E-state index in [0.717, 1.165) is 0 Å². The zero-order chi connectivity index (χ0) is 27.2. The third-order valence-electron chi connectivity index (χ3n) is 6.60.